The summed E-state index contributed by atoms with van der Waals surface area (Å²) in [5.74, 6) is 0. The van der Waals surface area contributed by atoms with E-state index in [-0.39, 0.29) is 0 Å². The second kappa shape index (κ2) is 20.0. The maximum Gasteiger partial charge on any atom is 0.150 e. The first-order valence-electron chi connectivity index (χ1n) is 22.7. The quantitative estimate of drug-likeness (QED) is 0.0806. The van der Waals surface area contributed by atoms with Gasteiger partial charge in [-0.25, -0.2) is 0 Å². The van der Waals surface area contributed by atoms with Gasteiger partial charge in [0.25, 0.3) is 0 Å². The van der Waals surface area contributed by atoms with Crippen molar-refractivity contribution >= 4 is 57.8 Å². The van der Waals surface area contributed by atoms with Crippen molar-refractivity contribution in [3.8, 4) is 22.3 Å². The fraction of sp³-hybridized carbons (Fsp3) is 0. The third-order valence-corrected chi connectivity index (χ3v) is 12.2. The number of nitrogens with zero attached hydrogens (tertiary/aromatic N) is 2. The molecule has 0 atom stereocenters. The van der Waals surface area contributed by atoms with Gasteiger partial charge in [-0.3, -0.25) is 9.59 Å². The van der Waals surface area contributed by atoms with Gasteiger partial charge in [0.2, 0.25) is 0 Å². The Morgan fingerprint density at radius 1 is 0.235 bits per heavy atom. The van der Waals surface area contributed by atoms with Crippen LogP contribution in [-0.4, -0.2) is 12.6 Å². The van der Waals surface area contributed by atoms with Crippen LogP contribution in [0.4, 0.5) is 34.1 Å². The van der Waals surface area contributed by atoms with E-state index < -0.39 is 0 Å². The molecule has 0 aliphatic heterocycles. The van der Waals surface area contributed by atoms with Crippen molar-refractivity contribution in [2.45, 2.75) is 0 Å². The zero-order chi connectivity index (χ0) is 46.1. The number of hydrogen-bond donors (Lipinski definition) is 0. The molecule has 324 valence electrons. The largest absolute Gasteiger partial charge is 0.311 e. The van der Waals surface area contributed by atoms with Crippen molar-refractivity contribution in [3.05, 3.63) is 300 Å². The number of aldehydes is 2. The lowest BCUT2D eigenvalue weighted by atomic mass is 9.84. The summed E-state index contributed by atoms with van der Waals surface area (Å²) < 4.78 is 0. The molecule has 0 saturated carbocycles. The van der Waals surface area contributed by atoms with Crippen molar-refractivity contribution in [2.75, 3.05) is 9.80 Å². The normalized spacial score (nSPS) is 10.8. The summed E-state index contributed by atoms with van der Waals surface area (Å²) in [7, 11) is 0. The summed E-state index contributed by atoms with van der Waals surface area (Å²) in [4.78, 5) is 27.5. The van der Waals surface area contributed by atoms with Crippen molar-refractivity contribution in [1.82, 2.24) is 0 Å². The molecular formula is C64H46N2O2. The Labute approximate surface area is 398 Å². The molecule has 0 amide bonds. The van der Waals surface area contributed by atoms with Gasteiger partial charge in [-0.2, -0.15) is 0 Å². The first-order chi connectivity index (χ1) is 33.6. The molecule has 68 heavy (non-hydrogen) atoms. The monoisotopic (exact) mass is 874 g/mol. The number of carbonyl (C=O) groups is 2. The number of rotatable bonds is 14. The maximum atomic E-state index is 11.5. The Hall–Kier alpha value is -9.12. The molecule has 0 aliphatic rings. The highest BCUT2D eigenvalue weighted by Gasteiger charge is 2.20. The predicted octanol–water partition coefficient (Wildman–Crippen LogP) is 16.6. The standard InChI is InChI=1S/C64H46N2O2/c67-45-47-21-25-49(26-22-47)51-29-33-53(34-30-51)63(54-35-31-52(32-36-54)50-27-23-48(46-68)24-28-50)64(55-37-41-61(42-38-55)65(57-13-5-1-6-14-57)58-15-7-2-8-16-58)56-39-43-62(44-40-56)66(59-17-9-3-10-18-59)60-19-11-4-12-20-60/h1-46H. The summed E-state index contributed by atoms with van der Waals surface area (Å²) >= 11 is 0. The summed E-state index contributed by atoms with van der Waals surface area (Å²) in [6, 6.07) is 92.5. The Balaban J connectivity index is 1.17. The molecule has 0 bridgehead atoms. The number of hydrogen-bond acceptors (Lipinski definition) is 4. The van der Waals surface area contributed by atoms with Crippen molar-refractivity contribution in [1.29, 1.82) is 0 Å². The van der Waals surface area contributed by atoms with Gasteiger partial charge in [0.1, 0.15) is 12.6 Å². The van der Waals surface area contributed by atoms with Gasteiger partial charge in [0, 0.05) is 45.3 Å². The lowest BCUT2D eigenvalue weighted by Crippen LogP contribution is -2.10. The first kappa shape index (κ1) is 42.8. The van der Waals surface area contributed by atoms with E-state index in [9.17, 15) is 9.59 Å². The number of anilines is 6. The minimum absolute atomic E-state index is 0.645. The number of benzene rings is 10. The van der Waals surface area contributed by atoms with Gasteiger partial charge in [-0.1, -0.05) is 194 Å². The van der Waals surface area contributed by atoms with E-state index in [1.54, 1.807) is 0 Å². The molecule has 0 aromatic heterocycles. The summed E-state index contributed by atoms with van der Waals surface area (Å²) in [6.07, 6.45) is 1.75. The van der Waals surface area contributed by atoms with Crippen LogP contribution in [0.2, 0.25) is 0 Å². The molecule has 0 spiro atoms. The maximum absolute atomic E-state index is 11.5. The molecular weight excluding hydrogens is 829 g/mol. The van der Waals surface area contributed by atoms with Crippen LogP contribution in [0.25, 0.3) is 33.4 Å². The van der Waals surface area contributed by atoms with Gasteiger partial charge in [-0.05, 0) is 128 Å². The van der Waals surface area contributed by atoms with Gasteiger partial charge in [0.05, 0.1) is 0 Å². The van der Waals surface area contributed by atoms with Crippen molar-refractivity contribution in [2.24, 2.45) is 0 Å². The fourth-order valence-corrected chi connectivity index (χ4v) is 8.83. The second-order valence-electron chi connectivity index (χ2n) is 16.5. The van der Waals surface area contributed by atoms with Crippen LogP contribution in [0.15, 0.2) is 267 Å². The molecule has 10 rings (SSSR count). The van der Waals surface area contributed by atoms with E-state index in [0.717, 1.165) is 102 Å². The molecule has 0 heterocycles. The number of para-hydroxylation sites is 4. The smallest absolute Gasteiger partial charge is 0.150 e. The van der Waals surface area contributed by atoms with Gasteiger partial charge in [-0.15, -0.1) is 0 Å². The third-order valence-electron chi connectivity index (χ3n) is 12.2. The Morgan fingerprint density at radius 2 is 0.441 bits per heavy atom. The molecule has 10 aromatic rings. The van der Waals surface area contributed by atoms with Crippen molar-refractivity contribution in [3.63, 3.8) is 0 Å². The molecule has 4 nitrogen and oxygen atoms in total. The van der Waals surface area contributed by atoms with E-state index in [1.165, 1.54) is 0 Å². The predicted molar refractivity (Wildman–Crippen MR) is 282 cm³/mol. The minimum Gasteiger partial charge on any atom is -0.311 e. The lowest BCUT2D eigenvalue weighted by molar-refractivity contribution is 0.111. The van der Waals surface area contributed by atoms with E-state index in [4.69, 9.17) is 0 Å². The topological polar surface area (TPSA) is 40.6 Å². The van der Waals surface area contributed by atoms with Gasteiger partial charge < -0.3 is 9.80 Å². The van der Waals surface area contributed by atoms with E-state index in [0.29, 0.717) is 11.1 Å². The third kappa shape index (κ3) is 9.21. The van der Waals surface area contributed by atoms with Crippen LogP contribution in [0.1, 0.15) is 43.0 Å². The van der Waals surface area contributed by atoms with E-state index in [1.807, 2.05) is 72.8 Å². The molecule has 0 aliphatic carbocycles. The molecule has 0 saturated heterocycles. The molecule has 4 heteroatoms. The Kier molecular flexibility index (Phi) is 12.6. The molecule has 0 fully saturated rings. The average molecular weight is 875 g/mol. The van der Waals surface area contributed by atoms with Crippen LogP contribution in [0.3, 0.4) is 0 Å². The fourth-order valence-electron chi connectivity index (χ4n) is 8.83. The van der Waals surface area contributed by atoms with Gasteiger partial charge >= 0.3 is 0 Å². The van der Waals surface area contributed by atoms with Crippen LogP contribution >= 0.6 is 0 Å². The second-order valence-corrected chi connectivity index (χ2v) is 16.5. The zero-order valence-corrected chi connectivity index (χ0v) is 37.3. The number of carbonyl (C=O) groups excluding carboxylic acids is 2. The highest BCUT2D eigenvalue weighted by Crippen LogP contribution is 2.42. The molecule has 0 unspecified atom stereocenters. The average Bonchev–Trinajstić information content (AvgIpc) is 3.42. The van der Waals surface area contributed by atoms with Crippen LogP contribution in [0.5, 0.6) is 0 Å². The first-order valence-corrected chi connectivity index (χ1v) is 22.7. The van der Waals surface area contributed by atoms with Crippen LogP contribution < -0.4 is 9.80 Å². The molecule has 10 aromatic carbocycles. The van der Waals surface area contributed by atoms with Crippen molar-refractivity contribution < 1.29 is 9.59 Å². The summed E-state index contributed by atoms with van der Waals surface area (Å²) in [5.41, 5.74) is 18.2. The SMILES string of the molecule is O=Cc1ccc(-c2ccc(C(=C(c3ccc(N(c4ccccc4)c4ccccc4)cc3)c3ccc(N(c4ccccc4)c4ccccc4)cc3)c3ccc(-c4ccc(C=O)cc4)cc3)cc2)cc1. The Bertz CT molecular complexity index is 2980. The van der Waals surface area contributed by atoms with E-state index >= 15 is 0 Å². The van der Waals surface area contributed by atoms with Crippen LogP contribution in [0, 0.1) is 0 Å². The molecule has 0 N–H and O–H groups in total. The van der Waals surface area contributed by atoms with Crippen LogP contribution in [-0.2, 0) is 0 Å². The minimum atomic E-state index is 0.645. The lowest BCUT2D eigenvalue weighted by Gasteiger charge is -2.27. The van der Waals surface area contributed by atoms with E-state index in [2.05, 4.69) is 204 Å². The van der Waals surface area contributed by atoms with Gasteiger partial charge in [0.15, 0.2) is 0 Å². The summed E-state index contributed by atoms with van der Waals surface area (Å²) in [5, 5.41) is 0. The summed E-state index contributed by atoms with van der Waals surface area (Å²) in [6.45, 7) is 0. The highest BCUT2D eigenvalue weighted by molar-refractivity contribution is 6.05. The zero-order valence-electron chi connectivity index (χ0n) is 37.3. The molecule has 0 radical (unpaired) electrons. The Morgan fingerprint density at radius 3 is 0.676 bits per heavy atom. The highest BCUT2D eigenvalue weighted by atomic mass is 16.1.